The zero-order chi connectivity index (χ0) is 17.0. The van der Waals surface area contributed by atoms with Crippen LogP contribution >= 0.6 is 0 Å². The predicted molar refractivity (Wildman–Crippen MR) is 82.3 cm³/mol. The number of rotatable bonds is 6. The average Bonchev–Trinajstić information content (AvgIpc) is 3.01. The zero-order valence-corrected chi connectivity index (χ0v) is 13.4. The minimum Gasteiger partial charge on any atom is -0.493 e. The van der Waals surface area contributed by atoms with Crippen LogP contribution in [0.5, 0.6) is 17.2 Å². The number of benzene rings is 1. The van der Waals surface area contributed by atoms with Crippen molar-refractivity contribution in [3.63, 3.8) is 0 Å². The second-order valence-corrected chi connectivity index (χ2v) is 5.40. The molecule has 0 saturated heterocycles. The van der Waals surface area contributed by atoms with Gasteiger partial charge >= 0.3 is 5.97 Å². The van der Waals surface area contributed by atoms with E-state index in [9.17, 15) is 9.59 Å². The van der Waals surface area contributed by atoms with E-state index in [-0.39, 0.29) is 17.7 Å². The quantitative estimate of drug-likeness (QED) is 0.827. The Labute approximate surface area is 134 Å². The van der Waals surface area contributed by atoms with Crippen molar-refractivity contribution in [2.45, 2.75) is 25.3 Å². The third kappa shape index (κ3) is 3.49. The van der Waals surface area contributed by atoms with Crippen LogP contribution in [0, 0.1) is 5.92 Å². The molecule has 2 atom stereocenters. The summed E-state index contributed by atoms with van der Waals surface area (Å²) in [5.74, 6) is -0.431. The van der Waals surface area contributed by atoms with Gasteiger partial charge in [-0.1, -0.05) is 0 Å². The SMILES string of the molecule is COc1ccc(C(=O)N[C@H]2CC[C@@H](C(=O)O)C2)c(OC)c1OC. The Kier molecular flexibility index (Phi) is 5.31. The highest BCUT2D eigenvalue weighted by atomic mass is 16.5. The topological polar surface area (TPSA) is 94.1 Å². The molecule has 0 aliphatic heterocycles. The fraction of sp³-hybridized carbons (Fsp3) is 0.500. The summed E-state index contributed by atoms with van der Waals surface area (Å²) in [5.41, 5.74) is 0.323. The highest BCUT2D eigenvalue weighted by molar-refractivity contribution is 5.98. The maximum atomic E-state index is 12.5. The first kappa shape index (κ1) is 16.9. The summed E-state index contributed by atoms with van der Waals surface area (Å²) >= 11 is 0. The Morgan fingerprint density at radius 3 is 2.30 bits per heavy atom. The summed E-state index contributed by atoms with van der Waals surface area (Å²) in [4.78, 5) is 23.5. The van der Waals surface area contributed by atoms with Crippen molar-refractivity contribution in [3.8, 4) is 17.2 Å². The number of carboxylic acids is 1. The summed E-state index contributed by atoms with van der Waals surface area (Å²) in [6.07, 6.45) is 1.67. The van der Waals surface area contributed by atoms with Crippen molar-refractivity contribution in [1.82, 2.24) is 5.32 Å². The van der Waals surface area contributed by atoms with Crippen LogP contribution in [0.15, 0.2) is 12.1 Å². The summed E-state index contributed by atoms with van der Waals surface area (Å²) in [6, 6.07) is 3.07. The maximum absolute atomic E-state index is 12.5. The molecule has 2 N–H and O–H groups in total. The molecule has 0 radical (unpaired) electrons. The highest BCUT2D eigenvalue weighted by Crippen LogP contribution is 2.39. The van der Waals surface area contributed by atoms with Crippen LogP contribution in [0.3, 0.4) is 0 Å². The van der Waals surface area contributed by atoms with Gasteiger partial charge in [0.05, 0.1) is 32.8 Å². The van der Waals surface area contributed by atoms with Crippen LogP contribution in [-0.2, 0) is 4.79 Å². The molecule has 1 saturated carbocycles. The van der Waals surface area contributed by atoms with Gasteiger partial charge in [-0.25, -0.2) is 0 Å². The standard InChI is InChI=1S/C16H21NO6/c1-21-12-7-6-11(13(22-2)14(12)23-3)15(18)17-10-5-4-9(8-10)16(19)20/h6-7,9-10H,4-5,8H2,1-3H3,(H,17,18)(H,19,20)/t9-,10+/m1/s1. The molecular formula is C16H21NO6. The van der Waals surface area contributed by atoms with Gasteiger partial charge in [-0.2, -0.15) is 0 Å². The molecular weight excluding hydrogens is 302 g/mol. The predicted octanol–water partition coefficient (Wildman–Crippen LogP) is 1.70. The Morgan fingerprint density at radius 2 is 1.78 bits per heavy atom. The Balaban J connectivity index is 2.18. The molecule has 1 aromatic rings. The van der Waals surface area contributed by atoms with Crippen LogP contribution in [0.25, 0.3) is 0 Å². The summed E-state index contributed by atoms with van der Waals surface area (Å²) < 4.78 is 15.7. The van der Waals surface area contributed by atoms with Gasteiger partial charge in [0.25, 0.3) is 5.91 Å². The molecule has 0 bridgehead atoms. The van der Waals surface area contributed by atoms with Crippen LogP contribution in [0.4, 0.5) is 0 Å². The van der Waals surface area contributed by atoms with Gasteiger partial charge in [-0.05, 0) is 31.4 Å². The van der Waals surface area contributed by atoms with Gasteiger partial charge in [0.1, 0.15) is 0 Å². The van der Waals surface area contributed by atoms with Crippen LogP contribution < -0.4 is 19.5 Å². The number of amides is 1. The molecule has 7 nitrogen and oxygen atoms in total. The first-order valence-electron chi connectivity index (χ1n) is 7.34. The van der Waals surface area contributed by atoms with Crippen LogP contribution in [0.1, 0.15) is 29.6 Å². The normalized spacial score (nSPS) is 20.0. The number of carboxylic acid groups (broad SMARTS) is 1. The second-order valence-electron chi connectivity index (χ2n) is 5.40. The fourth-order valence-electron chi connectivity index (χ4n) is 2.88. The lowest BCUT2D eigenvalue weighted by atomic mass is 10.1. The van der Waals surface area contributed by atoms with Gasteiger partial charge in [0.2, 0.25) is 5.75 Å². The van der Waals surface area contributed by atoms with E-state index >= 15 is 0 Å². The molecule has 2 rings (SSSR count). The molecule has 0 aromatic heterocycles. The number of methoxy groups -OCH3 is 3. The van der Waals surface area contributed by atoms with E-state index in [2.05, 4.69) is 5.32 Å². The Bertz CT molecular complexity index is 600. The van der Waals surface area contributed by atoms with E-state index in [4.69, 9.17) is 19.3 Å². The number of nitrogens with one attached hydrogen (secondary N) is 1. The summed E-state index contributed by atoms with van der Waals surface area (Å²) in [5, 5.41) is 11.9. The molecule has 23 heavy (non-hydrogen) atoms. The third-order valence-electron chi connectivity index (χ3n) is 4.07. The van der Waals surface area contributed by atoms with Crippen molar-refractivity contribution >= 4 is 11.9 Å². The fourth-order valence-corrected chi connectivity index (χ4v) is 2.88. The van der Waals surface area contributed by atoms with Crippen molar-refractivity contribution in [3.05, 3.63) is 17.7 Å². The highest BCUT2D eigenvalue weighted by Gasteiger charge is 2.31. The van der Waals surface area contributed by atoms with E-state index in [1.165, 1.54) is 21.3 Å². The van der Waals surface area contributed by atoms with E-state index in [1.54, 1.807) is 12.1 Å². The number of aliphatic carboxylic acids is 1. The minimum absolute atomic E-state index is 0.151. The first-order valence-corrected chi connectivity index (χ1v) is 7.34. The van der Waals surface area contributed by atoms with Crippen LogP contribution in [0.2, 0.25) is 0 Å². The number of hydrogen-bond donors (Lipinski definition) is 2. The van der Waals surface area contributed by atoms with Gasteiger partial charge in [-0.3, -0.25) is 9.59 Å². The van der Waals surface area contributed by atoms with Gasteiger partial charge in [-0.15, -0.1) is 0 Å². The first-order chi connectivity index (χ1) is 11.0. The van der Waals surface area contributed by atoms with Gasteiger partial charge < -0.3 is 24.6 Å². The molecule has 0 unspecified atom stereocenters. The maximum Gasteiger partial charge on any atom is 0.306 e. The summed E-state index contributed by atoms with van der Waals surface area (Å²) in [7, 11) is 4.42. The molecule has 1 aliphatic rings. The van der Waals surface area contributed by atoms with E-state index in [1.807, 2.05) is 0 Å². The molecule has 0 spiro atoms. The lowest BCUT2D eigenvalue weighted by Crippen LogP contribution is -2.33. The number of carbonyl (C=O) groups excluding carboxylic acids is 1. The zero-order valence-electron chi connectivity index (χ0n) is 13.4. The Morgan fingerprint density at radius 1 is 1.09 bits per heavy atom. The van der Waals surface area contributed by atoms with E-state index in [0.29, 0.717) is 36.3 Å². The molecule has 1 fully saturated rings. The van der Waals surface area contributed by atoms with Crippen molar-refractivity contribution in [2.75, 3.05) is 21.3 Å². The average molecular weight is 323 g/mol. The van der Waals surface area contributed by atoms with Gasteiger partial charge in [0, 0.05) is 6.04 Å². The number of hydrogen-bond acceptors (Lipinski definition) is 5. The lowest BCUT2D eigenvalue weighted by Gasteiger charge is -2.17. The molecule has 1 aliphatic carbocycles. The summed E-state index contributed by atoms with van der Waals surface area (Å²) in [6.45, 7) is 0. The monoisotopic (exact) mass is 323 g/mol. The number of ether oxygens (including phenoxy) is 3. The molecule has 0 heterocycles. The van der Waals surface area contributed by atoms with Gasteiger partial charge in [0.15, 0.2) is 11.5 Å². The largest absolute Gasteiger partial charge is 0.493 e. The lowest BCUT2D eigenvalue weighted by molar-refractivity contribution is -0.141. The minimum atomic E-state index is -0.814. The number of carbonyl (C=O) groups is 2. The Hall–Kier alpha value is -2.44. The van der Waals surface area contributed by atoms with Crippen LogP contribution in [-0.4, -0.2) is 44.4 Å². The second kappa shape index (κ2) is 7.21. The van der Waals surface area contributed by atoms with Crippen molar-refractivity contribution in [1.29, 1.82) is 0 Å². The van der Waals surface area contributed by atoms with E-state index in [0.717, 1.165) is 0 Å². The van der Waals surface area contributed by atoms with Crippen molar-refractivity contribution in [2.24, 2.45) is 5.92 Å². The van der Waals surface area contributed by atoms with E-state index < -0.39 is 11.9 Å². The molecule has 7 heteroatoms. The van der Waals surface area contributed by atoms with Crippen molar-refractivity contribution < 1.29 is 28.9 Å². The third-order valence-corrected chi connectivity index (χ3v) is 4.07. The molecule has 126 valence electrons. The molecule has 1 aromatic carbocycles. The molecule has 1 amide bonds. The smallest absolute Gasteiger partial charge is 0.306 e.